The van der Waals surface area contributed by atoms with Crippen molar-refractivity contribution in [2.75, 3.05) is 34.7 Å². The maximum absolute atomic E-state index is 13.2. The van der Waals surface area contributed by atoms with Crippen LogP contribution in [0.2, 0.25) is 0 Å². The van der Waals surface area contributed by atoms with Gasteiger partial charge in [-0.25, -0.2) is 0 Å². The Hall–Kier alpha value is -3.42. The molecule has 0 aromatic heterocycles. The number of esters is 1. The second kappa shape index (κ2) is 6.83. The van der Waals surface area contributed by atoms with Crippen molar-refractivity contribution in [2.45, 2.75) is 5.92 Å². The summed E-state index contributed by atoms with van der Waals surface area (Å²) in [5.41, 5.74) is 1.96. The molecule has 0 saturated carbocycles. The van der Waals surface area contributed by atoms with Crippen molar-refractivity contribution in [3.05, 3.63) is 41.0 Å². The lowest BCUT2D eigenvalue weighted by Gasteiger charge is -2.33. The Balaban J connectivity index is 1.75. The minimum Gasteiger partial charge on any atom is -0.493 e. The monoisotopic (exact) mass is 412 g/mol. The maximum atomic E-state index is 13.2. The molecule has 2 heterocycles. The number of carbonyl (C=O) groups is 2. The van der Waals surface area contributed by atoms with Crippen molar-refractivity contribution in [3.8, 4) is 28.7 Å². The van der Waals surface area contributed by atoms with Gasteiger partial charge in [-0.3, -0.25) is 9.59 Å². The first-order valence-electron chi connectivity index (χ1n) is 9.51. The molecule has 3 aliphatic rings. The van der Waals surface area contributed by atoms with Gasteiger partial charge in [0.15, 0.2) is 28.8 Å². The first-order chi connectivity index (χ1) is 14.6. The quantitative estimate of drug-likeness (QED) is 0.708. The SMILES string of the molecule is COc1cc([C@@H]2c3cc4c(cc3C(=O)C3COC(=O)[C@@H]32)OCO4)cc(OC)c1OC. The molecule has 3 atom stereocenters. The first kappa shape index (κ1) is 18.6. The summed E-state index contributed by atoms with van der Waals surface area (Å²) in [6, 6.07) is 7.09. The molecule has 2 aliphatic heterocycles. The molecule has 30 heavy (non-hydrogen) atoms. The van der Waals surface area contributed by atoms with E-state index in [-0.39, 0.29) is 19.2 Å². The number of ketones is 1. The van der Waals surface area contributed by atoms with Crippen molar-refractivity contribution in [3.63, 3.8) is 0 Å². The van der Waals surface area contributed by atoms with Crippen molar-refractivity contribution in [1.82, 2.24) is 0 Å². The molecule has 1 fully saturated rings. The van der Waals surface area contributed by atoms with E-state index in [4.69, 9.17) is 28.4 Å². The summed E-state index contributed by atoms with van der Waals surface area (Å²) < 4.78 is 32.7. The molecule has 2 aromatic carbocycles. The summed E-state index contributed by atoms with van der Waals surface area (Å²) >= 11 is 0. The fourth-order valence-corrected chi connectivity index (χ4v) is 4.63. The van der Waals surface area contributed by atoms with Gasteiger partial charge < -0.3 is 28.4 Å². The van der Waals surface area contributed by atoms with Crippen molar-refractivity contribution >= 4 is 11.8 Å². The zero-order chi connectivity index (χ0) is 21.0. The van der Waals surface area contributed by atoms with Crippen LogP contribution in [0.3, 0.4) is 0 Å². The van der Waals surface area contributed by atoms with Crippen LogP contribution < -0.4 is 23.7 Å². The van der Waals surface area contributed by atoms with Gasteiger partial charge in [0.1, 0.15) is 6.61 Å². The number of hydrogen-bond donors (Lipinski definition) is 0. The molecule has 1 saturated heterocycles. The lowest BCUT2D eigenvalue weighted by molar-refractivity contribution is -0.141. The molecular weight excluding hydrogens is 392 g/mol. The smallest absolute Gasteiger partial charge is 0.310 e. The van der Waals surface area contributed by atoms with Crippen molar-refractivity contribution in [2.24, 2.45) is 11.8 Å². The van der Waals surface area contributed by atoms with Crippen LogP contribution in [0.1, 0.15) is 27.4 Å². The number of hydrogen-bond acceptors (Lipinski definition) is 8. The van der Waals surface area contributed by atoms with E-state index >= 15 is 0 Å². The Labute approximate surface area is 172 Å². The second-order valence-corrected chi connectivity index (χ2v) is 7.36. The minimum absolute atomic E-state index is 0.0666. The van der Waals surface area contributed by atoms with E-state index in [0.717, 1.165) is 5.56 Å². The van der Waals surface area contributed by atoms with Gasteiger partial charge in [-0.15, -0.1) is 0 Å². The van der Waals surface area contributed by atoms with Crippen LogP contribution in [0.15, 0.2) is 24.3 Å². The van der Waals surface area contributed by atoms with Crippen molar-refractivity contribution in [1.29, 1.82) is 0 Å². The van der Waals surface area contributed by atoms with E-state index in [1.165, 1.54) is 21.3 Å². The number of carbonyl (C=O) groups excluding carboxylic acids is 2. The molecule has 156 valence electrons. The van der Waals surface area contributed by atoms with E-state index < -0.39 is 23.7 Å². The van der Waals surface area contributed by atoms with Gasteiger partial charge in [-0.2, -0.15) is 0 Å². The number of benzene rings is 2. The fraction of sp³-hybridized carbons (Fsp3) is 0.364. The third-order valence-corrected chi connectivity index (χ3v) is 6.00. The highest BCUT2D eigenvalue weighted by atomic mass is 16.7. The standard InChI is InChI=1S/C22H20O8/c1-25-16-4-10(5-17(26-2)21(16)27-3)18-11-6-14-15(30-9-29-14)7-12(11)20(23)13-8-28-22(24)19(13)18/h4-7,13,18-19H,8-9H2,1-3H3/t13?,18-,19+/m1/s1. The molecular formula is C22H20O8. The highest BCUT2D eigenvalue weighted by molar-refractivity contribution is 6.05. The summed E-state index contributed by atoms with van der Waals surface area (Å²) in [6.45, 7) is 0.160. The highest BCUT2D eigenvalue weighted by Crippen LogP contribution is 2.52. The van der Waals surface area contributed by atoms with Crippen LogP contribution in [0.4, 0.5) is 0 Å². The van der Waals surface area contributed by atoms with Gasteiger partial charge in [0.05, 0.1) is 33.2 Å². The van der Waals surface area contributed by atoms with Gasteiger partial charge in [-0.1, -0.05) is 0 Å². The molecule has 0 N–H and O–H groups in total. The zero-order valence-electron chi connectivity index (χ0n) is 16.7. The van der Waals surface area contributed by atoms with E-state index in [1.54, 1.807) is 24.3 Å². The Bertz CT molecular complexity index is 1030. The van der Waals surface area contributed by atoms with Crippen LogP contribution in [0.5, 0.6) is 28.7 Å². The zero-order valence-corrected chi connectivity index (χ0v) is 16.7. The van der Waals surface area contributed by atoms with Gasteiger partial charge >= 0.3 is 5.97 Å². The van der Waals surface area contributed by atoms with Gasteiger partial charge in [0, 0.05) is 11.5 Å². The van der Waals surface area contributed by atoms with Crippen LogP contribution >= 0.6 is 0 Å². The van der Waals surface area contributed by atoms with E-state index in [1.807, 2.05) is 0 Å². The molecule has 0 amide bonds. The van der Waals surface area contributed by atoms with Crippen LogP contribution in [-0.4, -0.2) is 46.5 Å². The number of fused-ring (bicyclic) bond motifs is 3. The molecule has 1 unspecified atom stereocenters. The van der Waals surface area contributed by atoms with Crippen molar-refractivity contribution < 1.29 is 38.0 Å². The third kappa shape index (κ3) is 2.52. The lowest BCUT2D eigenvalue weighted by atomic mass is 9.67. The molecule has 0 bridgehead atoms. The summed E-state index contributed by atoms with van der Waals surface area (Å²) in [5, 5.41) is 0. The van der Waals surface area contributed by atoms with E-state index in [0.29, 0.717) is 39.9 Å². The summed E-state index contributed by atoms with van der Waals surface area (Å²) in [5.74, 6) is 0.287. The Morgan fingerprint density at radius 2 is 1.53 bits per heavy atom. The van der Waals surface area contributed by atoms with E-state index in [2.05, 4.69) is 0 Å². The second-order valence-electron chi connectivity index (χ2n) is 7.36. The molecule has 0 radical (unpaired) electrons. The molecule has 1 aliphatic carbocycles. The summed E-state index contributed by atoms with van der Waals surface area (Å²) in [7, 11) is 4.59. The summed E-state index contributed by atoms with van der Waals surface area (Å²) in [6.07, 6.45) is 0. The van der Waals surface area contributed by atoms with Gasteiger partial charge in [0.2, 0.25) is 12.5 Å². The number of ether oxygens (including phenoxy) is 6. The maximum Gasteiger partial charge on any atom is 0.310 e. The predicted octanol–water partition coefficient (Wildman–Crippen LogP) is 2.56. The topological polar surface area (TPSA) is 89.5 Å². The molecule has 8 nitrogen and oxygen atoms in total. The lowest BCUT2D eigenvalue weighted by Crippen LogP contribution is -2.36. The number of methoxy groups -OCH3 is 3. The van der Waals surface area contributed by atoms with Crippen LogP contribution in [-0.2, 0) is 9.53 Å². The van der Waals surface area contributed by atoms with E-state index in [9.17, 15) is 9.59 Å². The normalized spacial score (nSPS) is 23.5. The Morgan fingerprint density at radius 1 is 0.867 bits per heavy atom. The molecule has 0 spiro atoms. The Morgan fingerprint density at radius 3 is 2.17 bits per heavy atom. The fourth-order valence-electron chi connectivity index (χ4n) is 4.63. The summed E-state index contributed by atoms with van der Waals surface area (Å²) in [4.78, 5) is 25.9. The molecule has 2 aromatic rings. The molecule has 8 heteroatoms. The largest absolute Gasteiger partial charge is 0.493 e. The predicted molar refractivity (Wildman–Crippen MR) is 103 cm³/mol. The average molecular weight is 412 g/mol. The highest BCUT2D eigenvalue weighted by Gasteiger charge is 2.52. The number of rotatable bonds is 4. The number of Topliss-reactive ketones (excluding diaryl/α,β-unsaturated/α-hetero) is 1. The van der Waals surface area contributed by atoms with Crippen LogP contribution in [0.25, 0.3) is 0 Å². The van der Waals surface area contributed by atoms with Crippen LogP contribution in [0, 0.1) is 11.8 Å². The first-order valence-corrected chi connectivity index (χ1v) is 9.51. The average Bonchev–Trinajstić information content (AvgIpc) is 3.38. The van der Waals surface area contributed by atoms with Gasteiger partial charge in [-0.05, 0) is 35.4 Å². The third-order valence-electron chi connectivity index (χ3n) is 6.00. The van der Waals surface area contributed by atoms with Gasteiger partial charge in [0.25, 0.3) is 0 Å². The minimum atomic E-state index is -0.645. The Kier molecular flexibility index (Phi) is 4.23. The number of cyclic esters (lactones) is 1. The molecule has 5 rings (SSSR count).